The first-order valence-corrected chi connectivity index (χ1v) is 7.17. The van der Waals surface area contributed by atoms with E-state index in [1.54, 1.807) is 0 Å². The fourth-order valence-electron chi connectivity index (χ4n) is 3.06. The average molecular weight is 274 g/mol. The fourth-order valence-corrected chi connectivity index (χ4v) is 3.06. The van der Waals surface area contributed by atoms with Gasteiger partial charge >= 0.3 is 0 Å². The molecule has 0 bridgehead atoms. The van der Waals surface area contributed by atoms with Crippen LogP contribution < -0.4 is 15.1 Å². The number of nitrogens with one attached hydrogen (secondary N) is 2. The zero-order chi connectivity index (χ0) is 14.1. The Bertz CT molecular complexity index is 544. The zero-order valence-electron chi connectivity index (χ0n) is 11.7. The highest BCUT2D eigenvalue weighted by Crippen LogP contribution is 2.27. The summed E-state index contributed by atoms with van der Waals surface area (Å²) in [5, 5.41) is 2.81. The first kappa shape index (κ1) is 13.1. The molecule has 1 saturated heterocycles. The molecular formula is C15H20N3O2+. The Morgan fingerprint density at radius 1 is 1.40 bits per heavy atom. The minimum atomic E-state index is -0.174. The number of benzene rings is 1. The first-order chi connectivity index (χ1) is 9.66. The van der Waals surface area contributed by atoms with Crippen LogP contribution in [0.5, 0.6) is 0 Å². The molecule has 3 rings (SSSR count). The van der Waals surface area contributed by atoms with Crippen molar-refractivity contribution >= 4 is 17.5 Å². The van der Waals surface area contributed by atoms with Crippen LogP contribution in [0.25, 0.3) is 0 Å². The van der Waals surface area contributed by atoms with Crippen LogP contribution in [0.15, 0.2) is 24.3 Å². The molecule has 5 heteroatoms. The molecule has 5 nitrogen and oxygen atoms in total. The lowest BCUT2D eigenvalue weighted by molar-refractivity contribution is -0.907. The average Bonchev–Trinajstić information content (AvgIpc) is 2.89. The zero-order valence-corrected chi connectivity index (χ0v) is 11.7. The predicted molar refractivity (Wildman–Crippen MR) is 75.7 cm³/mol. The van der Waals surface area contributed by atoms with E-state index in [4.69, 9.17) is 0 Å². The summed E-state index contributed by atoms with van der Waals surface area (Å²) in [6, 6.07) is 7.89. The van der Waals surface area contributed by atoms with Crippen LogP contribution in [-0.4, -0.2) is 44.0 Å². The molecule has 2 aliphatic heterocycles. The third kappa shape index (κ3) is 2.29. The van der Waals surface area contributed by atoms with E-state index in [-0.39, 0.29) is 17.9 Å². The molecule has 2 heterocycles. The van der Waals surface area contributed by atoms with Gasteiger partial charge in [0.1, 0.15) is 0 Å². The number of anilines is 1. The van der Waals surface area contributed by atoms with Gasteiger partial charge in [-0.15, -0.1) is 0 Å². The minimum Gasteiger partial charge on any atom is -0.346 e. The lowest BCUT2D eigenvalue weighted by atomic mass is 10.1. The summed E-state index contributed by atoms with van der Waals surface area (Å²) in [6.45, 7) is 4.54. The molecule has 2 aliphatic rings. The van der Waals surface area contributed by atoms with E-state index in [2.05, 4.69) is 11.4 Å². The van der Waals surface area contributed by atoms with Crippen molar-refractivity contribution in [3.05, 3.63) is 29.8 Å². The Balaban J connectivity index is 1.75. The highest BCUT2D eigenvalue weighted by atomic mass is 16.2. The number of carbonyl (C=O) groups excluding carboxylic acids is 2. The number of piperazine rings is 1. The van der Waals surface area contributed by atoms with Crippen LogP contribution in [0.4, 0.5) is 5.69 Å². The molecule has 0 saturated carbocycles. The summed E-state index contributed by atoms with van der Waals surface area (Å²) in [7, 11) is 0. The molecule has 20 heavy (non-hydrogen) atoms. The van der Waals surface area contributed by atoms with Crippen LogP contribution in [0.2, 0.25) is 0 Å². The van der Waals surface area contributed by atoms with Crippen molar-refractivity contribution < 1.29 is 14.5 Å². The standard InChI is InChI=1S/C15H19N3O2/c1-11(17-9-7-16-14(19)10-17)15(20)18-8-6-12-4-2-3-5-13(12)18/h2-5,11H,6-10H2,1H3,(H,16,19)/p+1/t11-/m0/s1. The second-order valence-electron chi connectivity index (χ2n) is 5.53. The number of fused-ring (bicyclic) bond motifs is 1. The monoisotopic (exact) mass is 274 g/mol. The Morgan fingerprint density at radius 2 is 2.20 bits per heavy atom. The topological polar surface area (TPSA) is 53.9 Å². The van der Waals surface area contributed by atoms with Gasteiger partial charge in [-0.3, -0.25) is 9.59 Å². The smallest absolute Gasteiger partial charge is 0.285 e. The lowest BCUT2D eigenvalue weighted by Crippen LogP contribution is -3.19. The van der Waals surface area contributed by atoms with Crippen LogP contribution in [0.3, 0.4) is 0 Å². The molecule has 2 atom stereocenters. The number of carbonyl (C=O) groups is 2. The number of amides is 2. The van der Waals surface area contributed by atoms with E-state index in [0.717, 1.165) is 30.1 Å². The second-order valence-corrected chi connectivity index (χ2v) is 5.53. The van der Waals surface area contributed by atoms with Crippen LogP contribution >= 0.6 is 0 Å². The van der Waals surface area contributed by atoms with Crippen molar-refractivity contribution in [1.29, 1.82) is 0 Å². The summed E-state index contributed by atoms with van der Waals surface area (Å²) in [5.74, 6) is 0.160. The second kappa shape index (κ2) is 5.25. The summed E-state index contributed by atoms with van der Waals surface area (Å²) < 4.78 is 0. The summed E-state index contributed by atoms with van der Waals surface area (Å²) in [5.41, 5.74) is 2.27. The van der Waals surface area contributed by atoms with E-state index in [1.165, 1.54) is 5.56 Å². The molecule has 0 radical (unpaired) electrons. The number of hydrogen-bond acceptors (Lipinski definition) is 2. The van der Waals surface area contributed by atoms with E-state index >= 15 is 0 Å². The lowest BCUT2D eigenvalue weighted by Gasteiger charge is -2.30. The van der Waals surface area contributed by atoms with Crippen LogP contribution in [0, 0.1) is 0 Å². The van der Waals surface area contributed by atoms with Crippen molar-refractivity contribution in [3.63, 3.8) is 0 Å². The Kier molecular flexibility index (Phi) is 3.44. The SMILES string of the molecule is C[C@@H](C(=O)N1CCc2ccccc21)[NH+]1CCNC(=O)C1. The van der Waals surface area contributed by atoms with Crippen molar-refractivity contribution in [3.8, 4) is 0 Å². The van der Waals surface area contributed by atoms with Crippen molar-refractivity contribution in [2.24, 2.45) is 0 Å². The molecule has 2 amide bonds. The van der Waals surface area contributed by atoms with E-state index in [1.807, 2.05) is 30.0 Å². The molecule has 1 fully saturated rings. The van der Waals surface area contributed by atoms with Crippen molar-refractivity contribution in [2.75, 3.05) is 31.1 Å². The summed E-state index contributed by atoms with van der Waals surface area (Å²) in [6.07, 6.45) is 0.921. The summed E-state index contributed by atoms with van der Waals surface area (Å²) >= 11 is 0. The third-order valence-corrected chi connectivity index (χ3v) is 4.29. The van der Waals surface area contributed by atoms with Gasteiger partial charge in [0.25, 0.3) is 11.8 Å². The van der Waals surface area contributed by atoms with Gasteiger partial charge < -0.3 is 15.1 Å². The van der Waals surface area contributed by atoms with Gasteiger partial charge in [-0.05, 0) is 25.0 Å². The third-order valence-electron chi connectivity index (χ3n) is 4.29. The molecule has 106 valence electrons. The van der Waals surface area contributed by atoms with Crippen LogP contribution in [0.1, 0.15) is 12.5 Å². The van der Waals surface area contributed by atoms with Gasteiger partial charge in [-0.2, -0.15) is 0 Å². The van der Waals surface area contributed by atoms with Gasteiger partial charge in [0.2, 0.25) is 0 Å². The van der Waals surface area contributed by atoms with Gasteiger partial charge in [-0.1, -0.05) is 18.2 Å². The molecule has 0 spiro atoms. The number of para-hydroxylation sites is 1. The van der Waals surface area contributed by atoms with E-state index in [0.29, 0.717) is 13.1 Å². The molecule has 2 N–H and O–H groups in total. The number of rotatable bonds is 2. The summed E-state index contributed by atoms with van der Waals surface area (Å²) in [4.78, 5) is 27.1. The first-order valence-electron chi connectivity index (χ1n) is 7.17. The Hall–Kier alpha value is -1.88. The molecule has 0 aromatic heterocycles. The maximum atomic E-state index is 12.7. The van der Waals surface area contributed by atoms with E-state index < -0.39 is 0 Å². The highest BCUT2D eigenvalue weighted by molar-refractivity contribution is 5.98. The number of hydrogen-bond donors (Lipinski definition) is 2. The number of quaternary nitrogens is 1. The molecule has 0 aliphatic carbocycles. The van der Waals surface area contributed by atoms with Gasteiger partial charge in [0, 0.05) is 12.2 Å². The minimum absolute atomic E-state index is 0.0349. The Labute approximate surface area is 118 Å². The largest absolute Gasteiger partial charge is 0.346 e. The quantitative estimate of drug-likeness (QED) is 0.725. The molecular weight excluding hydrogens is 254 g/mol. The predicted octanol–water partition coefficient (Wildman–Crippen LogP) is -1.02. The maximum Gasteiger partial charge on any atom is 0.285 e. The van der Waals surface area contributed by atoms with Gasteiger partial charge in [-0.25, -0.2) is 0 Å². The van der Waals surface area contributed by atoms with Gasteiger partial charge in [0.15, 0.2) is 12.6 Å². The number of nitrogens with zero attached hydrogens (tertiary/aromatic N) is 1. The Morgan fingerprint density at radius 3 is 3.00 bits per heavy atom. The van der Waals surface area contributed by atoms with Crippen molar-refractivity contribution in [2.45, 2.75) is 19.4 Å². The maximum absolute atomic E-state index is 12.7. The molecule has 1 aromatic carbocycles. The van der Waals surface area contributed by atoms with Crippen molar-refractivity contribution in [1.82, 2.24) is 5.32 Å². The fraction of sp³-hybridized carbons (Fsp3) is 0.467. The van der Waals surface area contributed by atoms with Gasteiger partial charge in [0.05, 0.1) is 13.1 Å². The van der Waals surface area contributed by atoms with E-state index in [9.17, 15) is 9.59 Å². The van der Waals surface area contributed by atoms with Crippen LogP contribution in [-0.2, 0) is 16.0 Å². The highest BCUT2D eigenvalue weighted by Gasteiger charge is 2.35. The molecule has 1 unspecified atom stereocenters. The normalized spacial score (nSPS) is 23.1. The molecule has 1 aromatic rings.